The van der Waals surface area contributed by atoms with Crippen LogP contribution in [0.25, 0.3) is 6.08 Å². The van der Waals surface area contributed by atoms with E-state index >= 15 is 0 Å². The number of phenolic OH excluding ortho intramolecular Hbond substituents is 1. The van der Waals surface area contributed by atoms with E-state index in [-0.39, 0.29) is 5.75 Å². The second-order valence-electron chi connectivity index (χ2n) is 4.68. The average molecular weight is 303 g/mol. The highest BCUT2D eigenvalue weighted by Crippen LogP contribution is 2.13. The van der Waals surface area contributed by atoms with Gasteiger partial charge in [-0.1, -0.05) is 42.5 Å². The van der Waals surface area contributed by atoms with Crippen LogP contribution >= 0.6 is 0 Å². The molecular formula is C16H17NO3S. The highest BCUT2D eigenvalue weighted by molar-refractivity contribution is 7.92. The van der Waals surface area contributed by atoms with Crippen molar-refractivity contribution >= 4 is 16.1 Å². The Kier molecular flexibility index (Phi) is 4.77. The first-order valence-electron chi connectivity index (χ1n) is 6.45. The van der Waals surface area contributed by atoms with Gasteiger partial charge in [0.2, 0.25) is 10.0 Å². The summed E-state index contributed by atoms with van der Waals surface area (Å²) in [4.78, 5) is 0. The molecule has 0 saturated carbocycles. The fraction of sp³-hybridized carbons (Fsp3) is 0.125. The predicted octanol–water partition coefficient (Wildman–Crippen LogP) is 2.82. The summed E-state index contributed by atoms with van der Waals surface area (Å²) in [6.45, 7) is 0.323. The van der Waals surface area contributed by atoms with Gasteiger partial charge in [-0.05, 0) is 29.3 Å². The third-order valence-corrected chi connectivity index (χ3v) is 4.49. The minimum absolute atomic E-state index is 0.149. The highest BCUT2D eigenvalue weighted by Gasteiger charge is 2.14. The summed E-state index contributed by atoms with van der Waals surface area (Å²) >= 11 is 0. The van der Waals surface area contributed by atoms with Crippen LogP contribution in [0.1, 0.15) is 11.1 Å². The molecule has 0 amide bonds. The van der Waals surface area contributed by atoms with Gasteiger partial charge >= 0.3 is 0 Å². The second kappa shape index (κ2) is 6.56. The van der Waals surface area contributed by atoms with Crippen LogP contribution in [-0.4, -0.2) is 24.9 Å². The van der Waals surface area contributed by atoms with Gasteiger partial charge in [0, 0.05) is 19.0 Å². The zero-order valence-corrected chi connectivity index (χ0v) is 12.5. The summed E-state index contributed by atoms with van der Waals surface area (Å²) in [5.74, 6) is 0.149. The maximum absolute atomic E-state index is 12.2. The summed E-state index contributed by atoms with van der Waals surface area (Å²) in [5.41, 5.74) is 1.64. The van der Waals surface area contributed by atoms with E-state index in [0.29, 0.717) is 12.1 Å². The molecule has 0 saturated heterocycles. The van der Waals surface area contributed by atoms with Crippen LogP contribution in [-0.2, 0) is 16.6 Å². The summed E-state index contributed by atoms with van der Waals surface area (Å²) in [6.07, 6.45) is 1.51. The molecule has 2 rings (SSSR count). The Morgan fingerprint density at radius 2 is 1.67 bits per heavy atom. The van der Waals surface area contributed by atoms with E-state index < -0.39 is 10.0 Å². The van der Waals surface area contributed by atoms with Crippen LogP contribution in [0, 0.1) is 0 Å². The number of benzene rings is 2. The monoisotopic (exact) mass is 303 g/mol. The number of hydrogen-bond donors (Lipinski definition) is 1. The molecule has 110 valence electrons. The Morgan fingerprint density at radius 3 is 2.29 bits per heavy atom. The Morgan fingerprint density at radius 1 is 1.05 bits per heavy atom. The molecular weight excluding hydrogens is 286 g/mol. The molecule has 0 spiro atoms. The van der Waals surface area contributed by atoms with E-state index in [9.17, 15) is 13.5 Å². The van der Waals surface area contributed by atoms with Crippen molar-refractivity contribution in [2.45, 2.75) is 6.54 Å². The van der Waals surface area contributed by atoms with Gasteiger partial charge in [0.25, 0.3) is 0 Å². The molecule has 0 radical (unpaired) electrons. The second-order valence-corrected chi connectivity index (χ2v) is 6.61. The predicted molar refractivity (Wildman–Crippen MR) is 84.0 cm³/mol. The number of hydrogen-bond acceptors (Lipinski definition) is 3. The van der Waals surface area contributed by atoms with E-state index in [2.05, 4.69) is 0 Å². The lowest BCUT2D eigenvalue weighted by Crippen LogP contribution is -2.24. The molecule has 0 atom stereocenters. The Labute approximate surface area is 125 Å². The molecule has 0 aliphatic carbocycles. The van der Waals surface area contributed by atoms with E-state index in [0.717, 1.165) is 5.56 Å². The summed E-state index contributed by atoms with van der Waals surface area (Å²) < 4.78 is 25.6. The molecule has 0 fully saturated rings. The minimum Gasteiger partial charge on any atom is -0.508 e. The van der Waals surface area contributed by atoms with E-state index in [1.807, 2.05) is 30.3 Å². The first-order chi connectivity index (χ1) is 9.97. The molecule has 5 heteroatoms. The third-order valence-electron chi connectivity index (χ3n) is 3.01. The van der Waals surface area contributed by atoms with Crippen molar-refractivity contribution in [2.75, 3.05) is 7.05 Å². The maximum atomic E-state index is 12.2. The molecule has 0 unspecified atom stereocenters. The third kappa shape index (κ3) is 4.44. The Bertz CT molecular complexity index is 707. The lowest BCUT2D eigenvalue weighted by molar-refractivity contribution is 0.475. The number of aromatic hydroxyl groups is 1. The minimum atomic E-state index is -3.48. The fourth-order valence-electron chi connectivity index (χ4n) is 1.78. The lowest BCUT2D eigenvalue weighted by atomic mass is 10.2. The number of phenols is 1. The van der Waals surface area contributed by atoms with E-state index in [4.69, 9.17) is 0 Å². The molecule has 0 bridgehead atoms. The van der Waals surface area contributed by atoms with Gasteiger partial charge in [0.1, 0.15) is 5.75 Å². The van der Waals surface area contributed by atoms with Gasteiger partial charge in [-0.15, -0.1) is 0 Å². The Hall–Kier alpha value is -2.11. The van der Waals surface area contributed by atoms with Crippen molar-refractivity contribution < 1.29 is 13.5 Å². The summed E-state index contributed by atoms with van der Waals surface area (Å²) in [5, 5.41) is 10.4. The zero-order chi connectivity index (χ0) is 15.3. The van der Waals surface area contributed by atoms with Crippen molar-refractivity contribution in [1.29, 1.82) is 0 Å². The normalized spacial score (nSPS) is 12.1. The summed E-state index contributed by atoms with van der Waals surface area (Å²) in [7, 11) is -1.93. The first-order valence-corrected chi connectivity index (χ1v) is 7.95. The van der Waals surface area contributed by atoms with Crippen molar-refractivity contribution in [1.82, 2.24) is 4.31 Å². The van der Waals surface area contributed by atoms with Crippen LogP contribution in [0.15, 0.2) is 60.0 Å². The SMILES string of the molecule is CN(Cc1ccccc1)S(=O)(=O)/C=C/c1ccc(O)cc1. The fourth-order valence-corrected chi connectivity index (χ4v) is 2.65. The molecule has 4 nitrogen and oxygen atoms in total. The van der Waals surface area contributed by atoms with Crippen LogP contribution in [0.3, 0.4) is 0 Å². The van der Waals surface area contributed by atoms with Gasteiger partial charge in [-0.3, -0.25) is 0 Å². The van der Waals surface area contributed by atoms with Gasteiger partial charge in [-0.25, -0.2) is 8.42 Å². The molecule has 2 aromatic carbocycles. The van der Waals surface area contributed by atoms with Crippen LogP contribution in [0.4, 0.5) is 0 Å². The lowest BCUT2D eigenvalue weighted by Gasteiger charge is -2.14. The van der Waals surface area contributed by atoms with Gasteiger partial charge in [-0.2, -0.15) is 4.31 Å². The van der Waals surface area contributed by atoms with Crippen LogP contribution < -0.4 is 0 Å². The first kappa shape index (κ1) is 15.3. The number of sulfonamides is 1. The Balaban J connectivity index is 2.08. The summed E-state index contributed by atoms with van der Waals surface area (Å²) in [6, 6.07) is 15.7. The molecule has 0 heterocycles. The molecule has 21 heavy (non-hydrogen) atoms. The largest absolute Gasteiger partial charge is 0.508 e. The van der Waals surface area contributed by atoms with Crippen LogP contribution in [0.5, 0.6) is 5.75 Å². The number of rotatable bonds is 5. The van der Waals surface area contributed by atoms with Crippen molar-refractivity contribution in [3.63, 3.8) is 0 Å². The van der Waals surface area contributed by atoms with Crippen LogP contribution in [0.2, 0.25) is 0 Å². The zero-order valence-electron chi connectivity index (χ0n) is 11.7. The molecule has 0 aliphatic rings. The van der Waals surface area contributed by atoms with Crippen molar-refractivity contribution in [2.24, 2.45) is 0 Å². The topological polar surface area (TPSA) is 57.6 Å². The quantitative estimate of drug-likeness (QED) is 0.924. The van der Waals surface area contributed by atoms with Gasteiger partial charge in [0.15, 0.2) is 0 Å². The van der Waals surface area contributed by atoms with Gasteiger partial charge in [0.05, 0.1) is 0 Å². The molecule has 0 aliphatic heterocycles. The smallest absolute Gasteiger partial charge is 0.236 e. The van der Waals surface area contributed by atoms with E-state index in [1.54, 1.807) is 19.2 Å². The maximum Gasteiger partial charge on any atom is 0.236 e. The van der Waals surface area contributed by atoms with Gasteiger partial charge < -0.3 is 5.11 Å². The van der Waals surface area contributed by atoms with E-state index in [1.165, 1.54) is 27.9 Å². The van der Waals surface area contributed by atoms with Crippen molar-refractivity contribution in [3.05, 3.63) is 71.1 Å². The van der Waals surface area contributed by atoms with Crippen molar-refractivity contribution in [3.8, 4) is 5.75 Å². The average Bonchev–Trinajstić information content (AvgIpc) is 2.48. The number of nitrogens with zero attached hydrogens (tertiary/aromatic N) is 1. The molecule has 1 N–H and O–H groups in total. The standard InChI is InChI=1S/C16H17NO3S/c1-17(13-15-5-3-2-4-6-15)21(19,20)12-11-14-7-9-16(18)10-8-14/h2-12,18H,13H2,1H3/b12-11+. The highest BCUT2D eigenvalue weighted by atomic mass is 32.2. The molecule has 0 aromatic heterocycles. The molecule has 2 aromatic rings.